The van der Waals surface area contributed by atoms with E-state index in [9.17, 15) is 18.0 Å². The first-order chi connectivity index (χ1) is 9.13. The van der Waals surface area contributed by atoms with Crippen molar-refractivity contribution in [2.45, 2.75) is 25.6 Å². The van der Waals surface area contributed by atoms with Gasteiger partial charge >= 0.3 is 6.18 Å². The Morgan fingerprint density at radius 1 is 1.40 bits per heavy atom. The molecular formula is C13H16F3N3O. The molecular weight excluding hydrogens is 271 g/mol. The highest BCUT2D eigenvalue weighted by atomic mass is 19.4. The molecule has 0 radical (unpaired) electrons. The van der Waals surface area contributed by atoms with E-state index in [1.54, 1.807) is 0 Å². The summed E-state index contributed by atoms with van der Waals surface area (Å²) in [4.78, 5) is 17.1. The van der Waals surface area contributed by atoms with Crippen LogP contribution in [0.1, 0.15) is 29.9 Å². The van der Waals surface area contributed by atoms with Gasteiger partial charge in [-0.05, 0) is 18.1 Å². The van der Waals surface area contributed by atoms with Crippen molar-refractivity contribution in [2.75, 3.05) is 13.1 Å². The van der Waals surface area contributed by atoms with Gasteiger partial charge in [-0.3, -0.25) is 9.78 Å². The molecule has 0 unspecified atom stereocenters. The number of nitrogens with two attached hydrogens (primary N) is 1. The number of halogens is 3. The molecule has 1 amide bonds. The van der Waals surface area contributed by atoms with E-state index in [2.05, 4.69) is 4.98 Å². The van der Waals surface area contributed by atoms with Gasteiger partial charge in [0.1, 0.15) is 5.69 Å². The Labute approximate surface area is 114 Å². The average molecular weight is 287 g/mol. The molecule has 0 aromatic carbocycles. The van der Waals surface area contributed by atoms with Crippen LogP contribution >= 0.6 is 0 Å². The fourth-order valence-corrected chi connectivity index (χ4v) is 2.02. The van der Waals surface area contributed by atoms with Gasteiger partial charge in [-0.15, -0.1) is 0 Å². The molecule has 1 aromatic rings. The lowest BCUT2D eigenvalue weighted by Crippen LogP contribution is -2.71. The summed E-state index contributed by atoms with van der Waals surface area (Å²) in [6.45, 7) is 4.73. The molecule has 1 aliphatic heterocycles. The van der Waals surface area contributed by atoms with Crippen LogP contribution in [0.15, 0.2) is 18.3 Å². The van der Waals surface area contributed by atoms with Crippen molar-refractivity contribution in [2.24, 2.45) is 11.7 Å². The molecule has 4 nitrogen and oxygen atoms in total. The van der Waals surface area contributed by atoms with Gasteiger partial charge in [0.05, 0.1) is 11.1 Å². The van der Waals surface area contributed by atoms with Gasteiger partial charge in [0, 0.05) is 19.3 Å². The number of carbonyl (C=O) groups excluding carboxylic acids is 1. The standard InChI is InChI=1S/C13H16F3N3O/c1-8(2)12(17)6-19(7-12)11(20)10-4-3-9(5-18-10)13(14,15)16/h3-5,8H,6-7,17H2,1-2H3. The lowest BCUT2D eigenvalue weighted by Gasteiger charge is -2.50. The SMILES string of the molecule is CC(C)C1(N)CN(C(=O)c2ccc(C(F)(F)F)cn2)C1. The highest BCUT2D eigenvalue weighted by Gasteiger charge is 2.44. The molecule has 110 valence electrons. The van der Waals surface area contributed by atoms with Gasteiger partial charge in [0.25, 0.3) is 5.91 Å². The monoisotopic (exact) mass is 287 g/mol. The van der Waals surface area contributed by atoms with Crippen LogP contribution in [0.25, 0.3) is 0 Å². The smallest absolute Gasteiger partial charge is 0.333 e. The summed E-state index contributed by atoms with van der Waals surface area (Å²) in [7, 11) is 0. The summed E-state index contributed by atoms with van der Waals surface area (Å²) in [6.07, 6.45) is -3.78. The third-order valence-electron chi connectivity index (χ3n) is 3.72. The fraction of sp³-hybridized carbons (Fsp3) is 0.538. The van der Waals surface area contributed by atoms with Crippen molar-refractivity contribution in [1.29, 1.82) is 0 Å². The predicted molar refractivity (Wildman–Crippen MR) is 66.9 cm³/mol. The van der Waals surface area contributed by atoms with Gasteiger partial charge in [-0.2, -0.15) is 13.2 Å². The minimum atomic E-state index is -4.45. The van der Waals surface area contributed by atoms with E-state index in [-0.39, 0.29) is 17.5 Å². The van der Waals surface area contributed by atoms with Crippen molar-refractivity contribution < 1.29 is 18.0 Å². The van der Waals surface area contributed by atoms with E-state index in [0.29, 0.717) is 19.3 Å². The highest BCUT2D eigenvalue weighted by Crippen LogP contribution is 2.30. The zero-order valence-electron chi connectivity index (χ0n) is 11.2. The number of hydrogen-bond donors (Lipinski definition) is 1. The molecule has 20 heavy (non-hydrogen) atoms. The largest absolute Gasteiger partial charge is 0.417 e. The summed E-state index contributed by atoms with van der Waals surface area (Å²) in [5.74, 6) is -0.160. The second kappa shape index (κ2) is 4.73. The molecule has 0 aliphatic carbocycles. The lowest BCUT2D eigenvalue weighted by molar-refractivity contribution is -0.137. The number of hydrogen-bond acceptors (Lipinski definition) is 3. The molecule has 1 aromatic heterocycles. The highest BCUT2D eigenvalue weighted by molar-refractivity contribution is 5.93. The number of aromatic nitrogens is 1. The summed E-state index contributed by atoms with van der Waals surface area (Å²) >= 11 is 0. The molecule has 1 saturated heterocycles. The Morgan fingerprint density at radius 3 is 2.40 bits per heavy atom. The van der Waals surface area contributed by atoms with Crippen molar-refractivity contribution in [3.63, 3.8) is 0 Å². The zero-order valence-corrected chi connectivity index (χ0v) is 11.2. The van der Waals surface area contributed by atoms with Crippen LogP contribution in [0.3, 0.4) is 0 Å². The molecule has 0 spiro atoms. The van der Waals surface area contributed by atoms with Gasteiger partial charge < -0.3 is 10.6 Å². The van der Waals surface area contributed by atoms with Crippen molar-refractivity contribution in [1.82, 2.24) is 9.88 Å². The van der Waals surface area contributed by atoms with Crippen LogP contribution in [0, 0.1) is 5.92 Å². The molecule has 0 bridgehead atoms. The van der Waals surface area contributed by atoms with Crippen LogP contribution in [0.5, 0.6) is 0 Å². The first-order valence-electron chi connectivity index (χ1n) is 6.25. The van der Waals surface area contributed by atoms with E-state index in [0.717, 1.165) is 12.1 Å². The minimum absolute atomic E-state index is 0.00352. The molecule has 1 aliphatic rings. The molecule has 2 heterocycles. The molecule has 0 saturated carbocycles. The van der Waals surface area contributed by atoms with E-state index >= 15 is 0 Å². The molecule has 0 atom stereocenters. The Bertz CT molecular complexity index is 505. The number of amides is 1. The van der Waals surface area contributed by atoms with Crippen LogP contribution in [0.4, 0.5) is 13.2 Å². The zero-order chi connectivity index (χ0) is 15.1. The Morgan fingerprint density at radius 2 is 2.00 bits per heavy atom. The van der Waals surface area contributed by atoms with E-state index in [1.165, 1.54) is 4.90 Å². The molecule has 2 N–H and O–H groups in total. The predicted octanol–water partition coefficient (Wildman–Crippen LogP) is 1.91. The van der Waals surface area contributed by atoms with E-state index in [1.807, 2.05) is 13.8 Å². The Balaban J connectivity index is 2.05. The minimum Gasteiger partial charge on any atom is -0.333 e. The molecule has 1 fully saturated rings. The number of pyridine rings is 1. The summed E-state index contributed by atoms with van der Waals surface area (Å²) in [5.41, 5.74) is 4.79. The lowest BCUT2D eigenvalue weighted by atomic mass is 9.80. The van der Waals surface area contributed by atoms with E-state index < -0.39 is 17.3 Å². The summed E-state index contributed by atoms with van der Waals surface area (Å²) in [5, 5.41) is 0. The van der Waals surface area contributed by atoms with Crippen LogP contribution < -0.4 is 5.73 Å². The van der Waals surface area contributed by atoms with Gasteiger partial charge in [0.2, 0.25) is 0 Å². The maximum Gasteiger partial charge on any atom is 0.417 e. The summed E-state index contributed by atoms with van der Waals surface area (Å²) in [6, 6.07) is 1.95. The third-order valence-corrected chi connectivity index (χ3v) is 3.72. The second-order valence-electron chi connectivity index (χ2n) is 5.48. The number of nitrogens with zero attached hydrogens (tertiary/aromatic N) is 2. The van der Waals surface area contributed by atoms with Crippen molar-refractivity contribution in [3.05, 3.63) is 29.6 Å². The molecule has 2 rings (SSSR count). The van der Waals surface area contributed by atoms with Crippen LogP contribution in [-0.4, -0.2) is 34.4 Å². The van der Waals surface area contributed by atoms with Gasteiger partial charge in [0.15, 0.2) is 0 Å². The Hall–Kier alpha value is -1.63. The quantitative estimate of drug-likeness (QED) is 0.904. The number of likely N-dealkylation sites (tertiary alicyclic amines) is 1. The fourth-order valence-electron chi connectivity index (χ4n) is 2.02. The van der Waals surface area contributed by atoms with Crippen LogP contribution in [-0.2, 0) is 6.18 Å². The first kappa shape index (κ1) is 14.8. The maximum atomic E-state index is 12.4. The summed E-state index contributed by atoms with van der Waals surface area (Å²) < 4.78 is 37.2. The molecule has 7 heteroatoms. The van der Waals surface area contributed by atoms with Crippen LogP contribution in [0.2, 0.25) is 0 Å². The average Bonchev–Trinajstić information content (AvgIpc) is 2.33. The van der Waals surface area contributed by atoms with Gasteiger partial charge in [-0.1, -0.05) is 13.8 Å². The second-order valence-corrected chi connectivity index (χ2v) is 5.48. The van der Waals surface area contributed by atoms with E-state index in [4.69, 9.17) is 5.73 Å². The Kier molecular flexibility index (Phi) is 3.49. The first-order valence-corrected chi connectivity index (χ1v) is 6.25. The topological polar surface area (TPSA) is 59.2 Å². The number of carbonyl (C=O) groups is 1. The van der Waals surface area contributed by atoms with Gasteiger partial charge in [-0.25, -0.2) is 0 Å². The number of rotatable bonds is 2. The van der Waals surface area contributed by atoms with Crippen molar-refractivity contribution >= 4 is 5.91 Å². The third kappa shape index (κ3) is 2.63. The van der Waals surface area contributed by atoms with Crippen molar-refractivity contribution in [3.8, 4) is 0 Å². The maximum absolute atomic E-state index is 12.4. The number of alkyl halides is 3. The normalized spacial score (nSPS) is 18.1.